The summed E-state index contributed by atoms with van der Waals surface area (Å²) in [6.45, 7) is 4.26. The normalized spacial score (nSPS) is 20.2. The molecule has 0 spiro atoms. The summed E-state index contributed by atoms with van der Waals surface area (Å²) in [4.78, 5) is 25.2. The maximum Gasteiger partial charge on any atom is 0.234 e. The quantitative estimate of drug-likeness (QED) is 0.668. The average molecular weight is 270 g/mol. The van der Waals surface area contributed by atoms with E-state index in [1.54, 1.807) is 14.0 Å². The molecule has 1 aliphatic rings. The van der Waals surface area contributed by atoms with E-state index in [2.05, 4.69) is 10.2 Å². The van der Waals surface area contributed by atoms with Crippen LogP contribution in [0, 0.1) is 0 Å². The zero-order valence-corrected chi connectivity index (χ0v) is 12.1. The SMILES string of the molecule is COCCCNC(=O)CN1CCCCC1CC(C)=O. The van der Waals surface area contributed by atoms with Crippen molar-refractivity contribution in [3.63, 3.8) is 0 Å². The van der Waals surface area contributed by atoms with Crippen LogP contribution in [0.25, 0.3) is 0 Å². The van der Waals surface area contributed by atoms with Gasteiger partial charge in [0.1, 0.15) is 5.78 Å². The van der Waals surface area contributed by atoms with Gasteiger partial charge in [0.2, 0.25) is 5.91 Å². The summed E-state index contributed by atoms with van der Waals surface area (Å²) >= 11 is 0. The van der Waals surface area contributed by atoms with E-state index in [0.717, 1.165) is 32.2 Å². The number of hydrogen-bond donors (Lipinski definition) is 1. The summed E-state index contributed by atoms with van der Waals surface area (Å²) in [5.74, 6) is 0.254. The first-order valence-electron chi connectivity index (χ1n) is 7.12. The number of amides is 1. The van der Waals surface area contributed by atoms with E-state index in [4.69, 9.17) is 4.74 Å². The molecule has 0 bridgehead atoms. The van der Waals surface area contributed by atoms with Gasteiger partial charge in [0.05, 0.1) is 6.54 Å². The van der Waals surface area contributed by atoms with Crippen molar-refractivity contribution in [1.82, 2.24) is 10.2 Å². The lowest BCUT2D eigenvalue weighted by Gasteiger charge is -2.34. The molecule has 0 aromatic heterocycles. The lowest BCUT2D eigenvalue weighted by atomic mass is 9.98. The molecule has 0 radical (unpaired) electrons. The largest absolute Gasteiger partial charge is 0.385 e. The van der Waals surface area contributed by atoms with E-state index in [1.165, 1.54) is 0 Å². The Morgan fingerprint density at radius 2 is 2.16 bits per heavy atom. The predicted molar refractivity (Wildman–Crippen MR) is 74.0 cm³/mol. The van der Waals surface area contributed by atoms with Crippen LogP contribution in [0.1, 0.15) is 39.0 Å². The van der Waals surface area contributed by atoms with Gasteiger partial charge in [-0.05, 0) is 32.7 Å². The van der Waals surface area contributed by atoms with Crippen molar-refractivity contribution in [3.8, 4) is 0 Å². The highest BCUT2D eigenvalue weighted by Crippen LogP contribution is 2.19. The number of likely N-dealkylation sites (tertiary alicyclic amines) is 1. The first-order valence-corrected chi connectivity index (χ1v) is 7.12. The highest BCUT2D eigenvalue weighted by atomic mass is 16.5. The fourth-order valence-electron chi connectivity index (χ4n) is 2.52. The molecule has 5 heteroatoms. The molecule has 19 heavy (non-hydrogen) atoms. The molecule has 1 atom stereocenters. The number of rotatable bonds is 8. The van der Waals surface area contributed by atoms with Gasteiger partial charge in [0.15, 0.2) is 0 Å². The molecule has 1 fully saturated rings. The van der Waals surface area contributed by atoms with Gasteiger partial charge >= 0.3 is 0 Å². The Morgan fingerprint density at radius 1 is 1.37 bits per heavy atom. The van der Waals surface area contributed by atoms with Crippen LogP contribution in [0.3, 0.4) is 0 Å². The summed E-state index contributed by atoms with van der Waals surface area (Å²) < 4.78 is 4.94. The maximum atomic E-state index is 11.8. The first-order chi connectivity index (χ1) is 9.13. The molecule has 1 heterocycles. The standard InChI is InChI=1S/C14H26N2O3/c1-12(17)10-13-6-3-4-8-16(13)11-14(18)15-7-5-9-19-2/h13H,3-11H2,1-2H3,(H,15,18). The van der Waals surface area contributed by atoms with Crippen molar-refractivity contribution < 1.29 is 14.3 Å². The minimum atomic E-state index is 0.0477. The molecular weight excluding hydrogens is 244 g/mol. The van der Waals surface area contributed by atoms with E-state index in [9.17, 15) is 9.59 Å². The Hall–Kier alpha value is -0.940. The number of ketones is 1. The number of ether oxygens (including phenoxy) is 1. The first kappa shape index (κ1) is 16.1. The fourth-order valence-corrected chi connectivity index (χ4v) is 2.52. The maximum absolute atomic E-state index is 11.8. The Bertz CT molecular complexity index is 294. The summed E-state index contributed by atoms with van der Waals surface area (Å²) in [7, 11) is 1.65. The number of Topliss-reactive ketones (excluding diaryl/α,β-unsaturated/α-hetero) is 1. The van der Waals surface area contributed by atoms with Crippen molar-refractivity contribution >= 4 is 11.7 Å². The summed E-state index contributed by atoms with van der Waals surface area (Å²) in [5, 5.41) is 2.89. The van der Waals surface area contributed by atoms with Crippen molar-refractivity contribution in [3.05, 3.63) is 0 Å². The van der Waals surface area contributed by atoms with E-state index in [0.29, 0.717) is 26.1 Å². The molecule has 1 rings (SSSR count). The van der Waals surface area contributed by atoms with Gasteiger partial charge in [0, 0.05) is 32.7 Å². The van der Waals surface area contributed by atoms with Crippen LogP contribution in [0.2, 0.25) is 0 Å². The molecule has 1 unspecified atom stereocenters. The van der Waals surface area contributed by atoms with Crippen LogP contribution in [0.15, 0.2) is 0 Å². The van der Waals surface area contributed by atoms with Crippen molar-refractivity contribution in [2.75, 3.05) is 33.4 Å². The van der Waals surface area contributed by atoms with Gasteiger partial charge in [0.25, 0.3) is 0 Å². The van der Waals surface area contributed by atoms with Gasteiger partial charge in [-0.25, -0.2) is 0 Å². The fraction of sp³-hybridized carbons (Fsp3) is 0.857. The third kappa shape index (κ3) is 6.68. The third-order valence-corrected chi connectivity index (χ3v) is 3.47. The van der Waals surface area contributed by atoms with E-state index < -0.39 is 0 Å². The molecular formula is C14H26N2O3. The van der Waals surface area contributed by atoms with Gasteiger partial charge in [-0.15, -0.1) is 0 Å². The van der Waals surface area contributed by atoms with Crippen LogP contribution in [0.4, 0.5) is 0 Å². The minimum absolute atomic E-state index is 0.0477. The average Bonchev–Trinajstić information content (AvgIpc) is 2.36. The molecule has 0 aliphatic carbocycles. The molecule has 1 saturated heterocycles. The number of carbonyl (C=O) groups excluding carboxylic acids is 2. The number of piperidine rings is 1. The molecule has 1 N–H and O–H groups in total. The van der Waals surface area contributed by atoms with Crippen LogP contribution in [-0.4, -0.2) is 56.0 Å². The second-order valence-corrected chi connectivity index (χ2v) is 5.22. The number of methoxy groups -OCH3 is 1. The lowest BCUT2D eigenvalue weighted by molar-refractivity contribution is -0.125. The predicted octanol–water partition coefficient (Wildman–Crippen LogP) is 0.973. The van der Waals surface area contributed by atoms with E-state index in [1.807, 2.05) is 0 Å². The van der Waals surface area contributed by atoms with Gasteiger partial charge in [-0.1, -0.05) is 6.42 Å². The number of nitrogens with one attached hydrogen (secondary N) is 1. The summed E-state index contributed by atoms with van der Waals surface area (Å²) in [5.41, 5.74) is 0. The summed E-state index contributed by atoms with van der Waals surface area (Å²) in [6.07, 6.45) is 4.70. The molecule has 110 valence electrons. The van der Waals surface area contributed by atoms with Gasteiger partial charge in [-0.2, -0.15) is 0 Å². The number of carbonyl (C=O) groups is 2. The van der Waals surface area contributed by atoms with E-state index >= 15 is 0 Å². The molecule has 1 aliphatic heterocycles. The Morgan fingerprint density at radius 3 is 2.84 bits per heavy atom. The monoisotopic (exact) mass is 270 g/mol. The molecule has 0 aromatic carbocycles. The Labute approximate surface area is 115 Å². The molecule has 5 nitrogen and oxygen atoms in total. The topological polar surface area (TPSA) is 58.6 Å². The summed E-state index contributed by atoms with van der Waals surface area (Å²) in [6, 6.07) is 0.246. The van der Waals surface area contributed by atoms with Crippen LogP contribution in [-0.2, 0) is 14.3 Å². The van der Waals surface area contributed by atoms with Gasteiger partial charge in [-0.3, -0.25) is 14.5 Å². The number of hydrogen-bond acceptors (Lipinski definition) is 4. The van der Waals surface area contributed by atoms with Gasteiger partial charge < -0.3 is 10.1 Å². The number of nitrogens with zero attached hydrogens (tertiary/aromatic N) is 1. The second-order valence-electron chi connectivity index (χ2n) is 5.22. The third-order valence-electron chi connectivity index (χ3n) is 3.47. The van der Waals surface area contributed by atoms with Crippen LogP contribution >= 0.6 is 0 Å². The Balaban J connectivity index is 2.30. The molecule has 0 saturated carbocycles. The van der Waals surface area contributed by atoms with Crippen LogP contribution in [0.5, 0.6) is 0 Å². The van der Waals surface area contributed by atoms with Crippen molar-refractivity contribution in [1.29, 1.82) is 0 Å². The smallest absolute Gasteiger partial charge is 0.234 e. The second kappa shape index (κ2) is 9.04. The van der Waals surface area contributed by atoms with Crippen molar-refractivity contribution in [2.45, 2.75) is 45.1 Å². The molecule has 1 amide bonds. The molecule has 0 aromatic rings. The highest BCUT2D eigenvalue weighted by molar-refractivity contribution is 5.78. The highest BCUT2D eigenvalue weighted by Gasteiger charge is 2.24. The van der Waals surface area contributed by atoms with Crippen molar-refractivity contribution in [2.24, 2.45) is 0 Å². The van der Waals surface area contributed by atoms with Crippen LogP contribution < -0.4 is 5.32 Å². The Kier molecular flexibility index (Phi) is 7.67. The zero-order valence-electron chi connectivity index (χ0n) is 12.1. The van der Waals surface area contributed by atoms with E-state index in [-0.39, 0.29) is 17.7 Å². The zero-order chi connectivity index (χ0) is 14.1. The lowest BCUT2D eigenvalue weighted by Crippen LogP contribution is -2.46. The minimum Gasteiger partial charge on any atom is -0.385 e.